The van der Waals surface area contributed by atoms with Gasteiger partial charge in [0.15, 0.2) is 6.23 Å². The van der Waals surface area contributed by atoms with E-state index in [1.54, 1.807) is 26.8 Å². The van der Waals surface area contributed by atoms with Crippen molar-refractivity contribution in [1.29, 1.82) is 0 Å². The maximum Gasteiger partial charge on any atom is 0.510 e. The van der Waals surface area contributed by atoms with E-state index >= 15 is 0 Å². The SMILES string of the molecule is Cc1cccc(NC(=O)NCC(=O)N2C(Cc3ccccc3)SC[C@H]2OC(=O)OC(C)(C)C)c1. The van der Waals surface area contributed by atoms with Crippen molar-refractivity contribution >= 4 is 35.5 Å². The molecular formula is C25H31N3O5S. The summed E-state index contributed by atoms with van der Waals surface area (Å²) < 4.78 is 10.8. The minimum absolute atomic E-state index is 0.238. The first kappa shape index (κ1) is 25.4. The van der Waals surface area contributed by atoms with Gasteiger partial charge in [0.2, 0.25) is 5.91 Å². The van der Waals surface area contributed by atoms with E-state index in [2.05, 4.69) is 10.6 Å². The van der Waals surface area contributed by atoms with E-state index in [1.807, 2.05) is 55.5 Å². The molecule has 3 amide bonds. The molecule has 1 unspecified atom stereocenters. The summed E-state index contributed by atoms with van der Waals surface area (Å²) in [6.45, 7) is 6.92. The Balaban J connectivity index is 1.66. The molecular weight excluding hydrogens is 454 g/mol. The molecule has 8 nitrogen and oxygen atoms in total. The lowest BCUT2D eigenvalue weighted by Gasteiger charge is -2.30. The second kappa shape index (κ2) is 11.3. The third kappa shape index (κ3) is 7.69. The van der Waals surface area contributed by atoms with Crippen LogP contribution in [-0.2, 0) is 20.7 Å². The zero-order valence-electron chi connectivity index (χ0n) is 19.9. The lowest BCUT2D eigenvalue weighted by molar-refractivity contribution is -0.141. The Kier molecular flexibility index (Phi) is 8.44. The number of hydrogen-bond acceptors (Lipinski definition) is 6. The van der Waals surface area contributed by atoms with E-state index in [1.165, 1.54) is 16.7 Å². The van der Waals surface area contributed by atoms with Crippen LogP contribution >= 0.6 is 11.8 Å². The fraction of sp³-hybridized carbons (Fsp3) is 0.400. The van der Waals surface area contributed by atoms with Crippen LogP contribution in [0.2, 0.25) is 0 Å². The Morgan fingerprint density at radius 1 is 1.09 bits per heavy atom. The zero-order chi connectivity index (χ0) is 24.7. The van der Waals surface area contributed by atoms with Gasteiger partial charge < -0.3 is 20.1 Å². The zero-order valence-corrected chi connectivity index (χ0v) is 20.7. The lowest BCUT2D eigenvalue weighted by atomic mass is 10.1. The second-order valence-corrected chi connectivity index (χ2v) is 10.2. The van der Waals surface area contributed by atoms with Gasteiger partial charge in [0.25, 0.3) is 0 Å². The fourth-order valence-electron chi connectivity index (χ4n) is 3.45. The molecule has 182 valence electrons. The molecule has 3 rings (SSSR count). The normalized spacial score (nSPS) is 17.7. The summed E-state index contributed by atoms with van der Waals surface area (Å²) in [4.78, 5) is 39.3. The Morgan fingerprint density at radius 2 is 1.82 bits per heavy atom. The first-order valence-corrected chi connectivity index (χ1v) is 12.1. The fourth-order valence-corrected chi connectivity index (χ4v) is 4.79. The predicted molar refractivity (Wildman–Crippen MR) is 133 cm³/mol. The summed E-state index contributed by atoms with van der Waals surface area (Å²) in [5.74, 6) is 0.0664. The van der Waals surface area contributed by atoms with Crippen LogP contribution in [0, 0.1) is 6.92 Å². The van der Waals surface area contributed by atoms with Crippen LogP contribution in [0.3, 0.4) is 0 Å². The maximum atomic E-state index is 13.2. The Bertz CT molecular complexity index is 1010. The molecule has 2 aromatic carbocycles. The van der Waals surface area contributed by atoms with Gasteiger partial charge in [0.05, 0.1) is 17.7 Å². The smallest absolute Gasteiger partial charge is 0.429 e. The summed E-state index contributed by atoms with van der Waals surface area (Å²) in [6, 6.07) is 16.7. The van der Waals surface area contributed by atoms with Crippen molar-refractivity contribution in [3.63, 3.8) is 0 Å². The molecule has 9 heteroatoms. The number of thioether (sulfide) groups is 1. The van der Waals surface area contributed by atoms with E-state index < -0.39 is 24.0 Å². The number of nitrogens with one attached hydrogen (secondary N) is 2. The maximum absolute atomic E-state index is 13.2. The highest BCUT2D eigenvalue weighted by Crippen LogP contribution is 2.32. The number of urea groups is 1. The minimum Gasteiger partial charge on any atom is -0.429 e. The molecule has 2 aromatic rings. The summed E-state index contributed by atoms with van der Waals surface area (Å²) in [6.07, 6.45) is -1.04. The topological polar surface area (TPSA) is 97.0 Å². The van der Waals surface area contributed by atoms with Crippen LogP contribution in [0.1, 0.15) is 31.9 Å². The number of rotatable bonds is 6. The van der Waals surface area contributed by atoms with Crippen molar-refractivity contribution in [1.82, 2.24) is 10.2 Å². The van der Waals surface area contributed by atoms with E-state index in [0.29, 0.717) is 17.9 Å². The third-order valence-corrected chi connectivity index (χ3v) is 6.15. The number of carbonyl (C=O) groups is 3. The van der Waals surface area contributed by atoms with Gasteiger partial charge in [-0.2, -0.15) is 0 Å². The summed E-state index contributed by atoms with van der Waals surface area (Å²) in [7, 11) is 0. The molecule has 0 aromatic heterocycles. The number of benzene rings is 2. The molecule has 0 saturated carbocycles. The minimum atomic E-state index is -0.832. The number of hydrogen-bond donors (Lipinski definition) is 2. The highest BCUT2D eigenvalue weighted by atomic mass is 32.2. The van der Waals surface area contributed by atoms with E-state index in [9.17, 15) is 14.4 Å². The number of aryl methyl sites for hydroxylation is 1. The molecule has 0 spiro atoms. The summed E-state index contributed by atoms with van der Waals surface area (Å²) in [5.41, 5.74) is 1.99. The predicted octanol–water partition coefficient (Wildman–Crippen LogP) is 4.54. The Morgan fingerprint density at radius 3 is 2.50 bits per heavy atom. The van der Waals surface area contributed by atoms with Gasteiger partial charge >= 0.3 is 12.2 Å². The number of anilines is 1. The van der Waals surface area contributed by atoms with Crippen LogP contribution in [-0.4, -0.2) is 52.5 Å². The second-order valence-electron chi connectivity index (χ2n) is 8.99. The molecule has 0 aliphatic carbocycles. The number of carbonyl (C=O) groups excluding carboxylic acids is 3. The summed E-state index contributed by atoms with van der Waals surface area (Å²) >= 11 is 1.52. The standard InChI is InChI=1S/C25H31N3O5S/c1-17-9-8-12-19(13-17)27-23(30)26-15-20(29)28-21(32-24(31)33-25(2,3)4)16-34-22(28)14-18-10-6-5-7-11-18/h5-13,21-22H,14-16H2,1-4H3,(H2,26,27,30)/t21-,22?/m1/s1. The van der Waals surface area contributed by atoms with Gasteiger partial charge in [0, 0.05) is 12.1 Å². The van der Waals surface area contributed by atoms with Crippen LogP contribution in [0.5, 0.6) is 0 Å². The van der Waals surface area contributed by atoms with Gasteiger partial charge in [-0.1, -0.05) is 42.5 Å². The molecule has 1 heterocycles. The summed E-state index contributed by atoms with van der Waals surface area (Å²) in [5, 5.41) is 5.07. The van der Waals surface area contributed by atoms with Crippen molar-refractivity contribution in [2.75, 3.05) is 17.6 Å². The van der Waals surface area contributed by atoms with Crippen molar-refractivity contribution in [3.05, 3.63) is 65.7 Å². The first-order valence-electron chi connectivity index (χ1n) is 11.1. The first-order chi connectivity index (χ1) is 16.1. The average Bonchev–Trinajstić information content (AvgIpc) is 3.13. The highest BCUT2D eigenvalue weighted by molar-refractivity contribution is 8.00. The van der Waals surface area contributed by atoms with Gasteiger partial charge in [-0.05, 0) is 51.0 Å². The van der Waals surface area contributed by atoms with Crippen LogP contribution in [0.25, 0.3) is 0 Å². The molecule has 0 bridgehead atoms. The van der Waals surface area contributed by atoms with Gasteiger partial charge in [0.1, 0.15) is 5.60 Å². The monoisotopic (exact) mass is 485 g/mol. The Hall–Kier alpha value is -3.20. The molecule has 0 radical (unpaired) electrons. The number of amides is 3. The van der Waals surface area contributed by atoms with Crippen LogP contribution in [0.15, 0.2) is 54.6 Å². The van der Waals surface area contributed by atoms with Crippen LogP contribution < -0.4 is 10.6 Å². The largest absolute Gasteiger partial charge is 0.510 e. The third-order valence-electron chi connectivity index (χ3n) is 4.89. The van der Waals surface area contributed by atoms with E-state index in [-0.39, 0.29) is 17.8 Å². The molecule has 1 fully saturated rings. The molecule has 34 heavy (non-hydrogen) atoms. The van der Waals surface area contributed by atoms with E-state index in [4.69, 9.17) is 9.47 Å². The molecule has 2 N–H and O–H groups in total. The molecule has 2 atom stereocenters. The molecule has 1 aliphatic heterocycles. The van der Waals surface area contributed by atoms with Crippen molar-refractivity contribution < 1.29 is 23.9 Å². The van der Waals surface area contributed by atoms with Crippen molar-refractivity contribution in [3.8, 4) is 0 Å². The van der Waals surface area contributed by atoms with Crippen molar-refractivity contribution in [2.24, 2.45) is 0 Å². The molecule has 1 aliphatic rings. The van der Waals surface area contributed by atoms with Crippen LogP contribution in [0.4, 0.5) is 15.3 Å². The molecule has 1 saturated heterocycles. The Labute approximate surface area is 204 Å². The van der Waals surface area contributed by atoms with Gasteiger partial charge in [-0.15, -0.1) is 11.8 Å². The lowest BCUT2D eigenvalue weighted by Crippen LogP contribution is -2.49. The average molecular weight is 486 g/mol. The number of ether oxygens (including phenoxy) is 2. The quantitative estimate of drug-likeness (QED) is 0.583. The van der Waals surface area contributed by atoms with Crippen molar-refractivity contribution in [2.45, 2.75) is 51.3 Å². The number of nitrogens with zero attached hydrogens (tertiary/aromatic N) is 1. The van der Waals surface area contributed by atoms with Gasteiger partial charge in [-0.3, -0.25) is 9.69 Å². The van der Waals surface area contributed by atoms with Gasteiger partial charge in [-0.25, -0.2) is 9.59 Å². The highest BCUT2D eigenvalue weighted by Gasteiger charge is 2.40. The van der Waals surface area contributed by atoms with E-state index in [0.717, 1.165) is 11.1 Å².